The third-order valence-corrected chi connectivity index (χ3v) is 3.48. The highest BCUT2D eigenvalue weighted by molar-refractivity contribution is 5.80. The summed E-state index contributed by atoms with van der Waals surface area (Å²) in [6.07, 6.45) is 2.17. The van der Waals surface area contributed by atoms with E-state index < -0.39 is 5.97 Å². The molecule has 1 aliphatic heterocycles. The molecule has 0 saturated carbocycles. The number of carboxylic acids is 1. The van der Waals surface area contributed by atoms with Gasteiger partial charge in [0.2, 0.25) is 11.8 Å². The molecule has 1 rings (SSSR count). The van der Waals surface area contributed by atoms with E-state index >= 15 is 0 Å². The molecule has 1 N–H and O–H groups in total. The van der Waals surface area contributed by atoms with Gasteiger partial charge in [0.25, 0.3) is 0 Å². The van der Waals surface area contributed by atoms with Crippen molar-refractivity contribution in [3.05, 3.63) is 0 Å². The molecule has 1 fully saturated rings. The number of nitrogens with zero attached hydrogens (tertiary/aromatic N) is 2. The second-order valence-electron chi connectivity index (χ2n) is 5.06. The number of hydrogen-bond acceptors (Lipinski definition) is 3. The molecule has 0 spiro atoms. The van der Waals surface area contributed by atoms with Crippen LogP contribution in [0.2, 0.25) is 0 Å². The molecule has 0 bridgehead atoms. The van der Waals surface area contributed by atoms with E-state index in [1.54, 1.807) is 16.8 Å². The van der Waals surface area contributed by atoms with Crippen LogP contribution in [-0.4, -0.2) is 59.4 Å². The summed E-state index contributed by atoms with van der Waals surface area (Å²) in [4.78, 5) is 37.2. The Morgan fingerprint density at radius 1 is 1.37 bits per heavy atom. The monoisotopic (exact) mass is 270 g/mol. The van der Waals surface area contributed by atoms with Gasteiger partial charge in [0.15, 0.2) is 0 Å². The predicted molar refractivity (Wildman–Crippen MR) is 69.5 cm³/mol. The minimum absolute atomic E-state index is 0.00558. The smallest absolute Gasteiger partial charge is 0.303 e. The molecule has 2 amide bonds. The van der Waals surface area contributed by atoms with Gasteiger partial charge < -0.3 is 14.9 Å². The van der Waals surface area contributed by atoms with Crippen LogP contribution in [0.4, 0.5) is 0 Å². The Bertz CT molecular complexity index is 357. The fraction of sp³-hybridized carbons (Fsp3) is 0.769. The summed E-state index contributed by atoms with van der Waals surface area (Å²) in [5.41, 5.74) is 0. The highest BCUT2D eigenvalue weighted by Gasteiger charge is 2.28. The Kier molecular flexibility index (Phi) is 5.79. The van der Waals surface area contributed by atoms with Crippen molar-refractivity contribution in [1.29, 1.82) is 0 Å². The third-order valence-electron chi connectivity index (χ3n) is 3.48. The molecule has 1 saturated heterocycles. The van der Waals surface area contributed by atoms with Gasteiger partial charge in [-0.1, -0.05) is 0 Å². The highest BCUT2D eigenvalue weighted by atomic mass is 16.4. The van der Waals surface area contributed by atoms with Crippen LogP contribution in [-0.2, 0) is 14.4 Å². The number of hydrogen-bond donors (Lipinski definition) is 1. The lowest BCUT2D eigenvalue weighted by molar-refractivity contribution is -0.141. The first kappa shape index (κ1) is 15.5. The molecular weight excluding hydrogens is 248 g/mol. The van der Waals surface area contributed by atoms with Crippen LogP contribution in [0.3, 0.4) is 0 Å². The predicted octanol–water partition coefficient (Wildman–Crippen LogP) is 0.568. The average molecular weight is 270 g/mol. The zero-order chi connectivity index (χ0) is 14.4. The minimum Gasteiger partial charge on any atom is -0.481 e. The van der Waals surface area contributed by atoms with Crippen LogP contribution in [0.15, 0.2) is 0 Å². The van der Waals surface area contributed by atoms with Crippen molar-refractivity contribution in [2.24, 2.45) is 5.92 Å². The van der Waals surface area contributed by atoms with Gasteiger partial charge in [0.05, 0.1) is 5.92 Å². The standard InChI is InChI=1S/C13H22N2O4/c1-10(16)15-8-3-5-11(9-15)13(19)14(2)7-4-6-12(17)18/h11H,3-9H2,1-2H3,(H,17,18). The van der Waals surface area contributed by atoms with Crippen molar-refractivity contribution in [3.63, 3.8) is 0 Å². The molecule has 1 unspecified atom stereocenters. The van der Waals surface area contributed by atoms with Crippen LogP contribution < -0.4 is 0 Å². The highest BCUT2D eigenvalue weighted by Crippen LogP contribution is 2.18. The molecule has 6 nitrogen and oxygen atoms in total. The zero-order valence-corrected chi connectivity index (χ0v) is 11.6. The van der Waals surface area contributed by atoms with Crippen molar-refractivity contribution >= 4 is 17.8 Å². The fourth-order valence-electron chi connectivity index (χ4n) is 2.35. The van der Waals surface area contributed by atoms with E-state index in [1.807, 2.05) is 0 Å². The molecule has 0 aliphatic carbocycles. The molecule has 1 heterocycles. The maximum Gasteiger partial charge on any atom is 0.303 e. The molecule has 0 aromatic carbocycles. The van der Waals surface area contributed by atoms with E-state index in [0.29, 0.717) is 19.5 Å². The Balaban J connectivity index is 2.42. The Morgan fingerprint density at radius 2 is 2.05 bits per heavy atom. The lowest BCUT2D eigenvalue weighted by atomic mass is 9.96. The van der Waals surface area contributed by atoms with Crippen molar-refractivity contribution in [1.82, 2.24) is 9.80 Å². The van der Waals surface area contributed by atoms with E-state index in [1.165, 1.54) is 6.92 Å². The first-order chi connectivity index (χ1) is 8.91. The second-order valence-corrected chi connectivity index (χ2v) is 5.06. The largest absolute Gasteiger partial charge is 0.481 e. The van der Waals surface area contributed by atoms with Gasteiger partial charge in [-0.15, -0.1) is 0 Å². The van der Waals surface area contributed by atoms with Gasteiger partial charge in [-0.25, -0.2) is 0 Å². The fourth-order valence-corrected chi connectivity index (χ4v) is 2.35. The van der Waals surface area contributed by atoms with Crippen molar-refractivity contribution in [2.45, 2.75) is 32.6 Å². The summed E-state index contributed by atoms with van der Waals surface area (Å²) >= 11 is 0. The summed E-state index contributed by atoms with van der Waals surface area (Å²) in [6.45, 7) is 3.17. The van der Waals surface area contributed by atoms with Gasteiger partial charge in [0, 0.05) is 40.0 Å². The number of carboxylic acid groups (broad SMARTS) is 1. The zero-order valence-electron chi connectivity index (χ0n) is 11.6. The summed E-state index contributed by atoms with van der Waals surface area (Å²) in [5.74, 6) is -0.976. The number of amides is 2. The summed E-state index contributed by atoms with van der Waals surface area (Å²) in [5, 5.41) is 8.56. The Morgan fingerprint density at radius 3 is 2.63 bits per heavy atom. The number of carbonyl (C=O) groups excluding carboxylic acids is 2. The van der Waals surface area contributed by atoms with Gasteiger partial charge in [0.1, 0.15) is 0 Å². The molecule has 1 aliphatic rings. The molecule has 0 radical (unpaired) electrons. The van der Waals surface area contributed by atoms with Crippen molar-refractivity contribution in [3.8, 4) is 0 Å². The Labute approximate surface area is 113 Å². The number of rotatable bonds is 5. The maximum absolute atomic E-state index is 12.2. The lowest BCUT2D eigenvalue weighted by Gasteiger charge is -2.33. The van der Waals surface area contributed by atoms with Gasteiger partial charge in [-0.2, -0.15) is 0 Å². The number of carbonyl (C=O) groups is 3. The Hall–Kier alpha value is -1.59. The molecule has 0 aromatic rings. The first-order valence-electron chi connectivity index (χ1n) is 6.64. The van der Waals surface area contributed by atoms with Gasteiger partial charge >= 0.3 is 5.97 Å². The average Bonchev–Trinajstić information content (AvgIpc) is 2.37. The number of piperidine rings is 1. The first-order valence-corrected chi connectivity index (χ1v) is 6.64. The summed E-state index contributed by atoms with van der Waals surface area (Å²) < 4.78 is 0. The van der Waals surface area contributed by atoms with E-state index in [0.717, 1.165) is 19.4 Å². The lowest BCUT2D eigenvalue weighted by Crippen LogP contribution is -2.45. The molecule has 108 valence electrons. The van der Waals surface area contributed by atoms with Crippen LogP contribution in [0, 0.1) is 5.92 Å². The molecule has 19 heavy (non-hydrogen) atoms. The van der Waals surface area contributed by atoms with E-state index in [-0.39, 0.29) is 24.2 Å². The molecular formula is C13H22N2O4. The van der Waals surface area contributed by atoms with Crippen LogP contribution in [0.25, 0.3) is 0 Å². The number of likely N-dealkylation sites (tertiary alicyclic amines) is 1. The van der Waals surface area contributed by atoms with Gasteiger partial charge in [-0.3, -0.25) is 14.4 Å². The van der Waals surface area contributed by atoms with Crippen molar-refractivity contribution in [2.75, 3.05) is 26.7 Å². The van der Waals surface area contributed by atoms with E-state index in [4.69, 9.17) is 5.11 Å². The maximum atomic E-state index is 12.2. The quantitative estimate of drug-likeness (QED) is 0.792. The normalized spacial score (nSPS) is 19.1. The van der Waals surface area contributed by atoms with Crippen LogP contribution >= 0.6 is 0 Å². The summed E-state index contributed by atoms with van der Waals surface area (Å²) in [7, 11) is 1.69. The molecule has 1 atom stereocenters. The van der Waals surface area contributed by atoms with Crippen LogP contribution in [0.1, 0.15) is 32.6 Å². The summed E-state index contributed by atoms with van der Waals surface area (Å²) in [6, 6.07) is 0. The third kappa shape index (κ3) is 4.89. The van der Waals surface area contributed by atoms with Crippen molar-refractivity contribution < 1.29 is 19.5 Å². The van der Waals surface area contributed by atoms with E-state index in [9.17, 15) is 14.4 Å². The van der Waals surface area contributed by atoms with Crippen LogP contribution in [0.5, 0.6) is 0 Å². The SMILES string of the molecule is CC(=O)N1CCCC(C(=O)N(C)CCCC(=O)O)C1. The molecule has 6 heteroatoms. The number of aliphatic carboxylic acids is 1. The topological polar surface area (TPSA) is 77.9 Å². The van der Waals surface area contributed by atoms with E-state index in [2.05, 4.69) is 0 Å². The second kappa shape index (κ2) is 7.11. The molecule has 0 aromatic heterocycles. The minimum atomic E-state index is -0.846. The van der Waals surface area contributed by atoms with Gasteiger partial charge in [-0.05, 0) is 19.3 Å².